The molecule has 0 amide bonds. The summed E-state index contributed by atoms with van der Waals surface area (Å²) in [5.41, 5.74) is 5.48. The van der Waals surface area contributed by atoms with Gasteiger partial charge in [-0.25, -0.2) is 4.98 Å². The van der Waals surface area contributed by atoms with Crippen molar-refractivity contribution in [3.63, 3.8) is 0 Å². The number of aromatic nitrogens is 3. The van der Waals surface area contributed by atoms with Gasteiger partial charge in [-0.1, -0.05) is 0 Å². The standard InChI is InChI=1S/C18H24N6S/c1-12-13(2)21-22-18(16(12)7-19)24-6-5-15(9-24)8-23(4)10-17-14(3)20-11-25-17/h11,15H,5-6,8-10H2,1-4H3/t15-/m0/s1. The number of hydrogen-bond acceptors (Lipinski definition) is 7. The van der Waals surface area contributed by atoms with E-state index in [0.717, 1.165) is 55.4 Å². The van der Waals surface area contributed by atoms with E-state index in [9.17, 15) is 5.26 Å². The van der Waals surface area contributed by atoms with Crippen LogP contribution in [0.3, 0.4) is 0 Å². The molecule has 0 radical (unpaired) electrons. The molecule has 25 heavy (non-hydrogen) atoms. The summed E-state index contributed by atoms with van der Waals surface area (Å²) in [6, 6.07) is 2.31. The van der Waals surface area contributed by atoms with Gasteiger partial charge in [-0.3, -0.25) is 0 Å². The zero-order valence-electron chi connectivity index (χ0n) is 15.3. The van der Waals surface area contributed by atoms with Crippen LogP contribution in [0.25, 0.3) is 0 Å². The monoisotopic (exact) mass is 356 g/mol. The summed E-state index contributed by atoms with van der Waals surface area (Å²) in [5.74, 6) is 1.32. The van der Waals surface area contributed by atoms with Gasteiger partial charge in [-0.2, -0.15) is 10.4 Å². The largest absolute Gasteiger partial charge is 0.354 e. The lowest BCUT2D eigenvalue weighted by atomic mass is 10.1. The average molecular weight is 356 g/mol. The van der Waals surface area contributed by atoms with E-state index in [1.54, 1.807) is 11.3 Å². The van der Waals surface area contributed by atoms with Gasteiger partial charge in [-0.05, 0) is 45.7 Å². The Balaban J connectivity index is 1.63. The van der Waals surface area contributed by atoms with E-state index < -0.39 is 0 Å². The molecule has 6 nitrogen and oxygen atoms in total. The lowest BCUT2D eigenvalue weighted by molar-refractivity contribution is 0.281. The Kier molecular flexibility index (Phi) is 5.30. The molecule has 3 heterocycles. The molecule has 1 fully saturated rings. The van der Waals surface area contributed by atoms with Gasteiger partial charge in [0.25, 0.3) is 0 Å². The first-order chi connectivity index (χ1) is 12.0. The zero-order valence-corrected chi connectivity index (χ0v) is 16.1. The maximum Gasteiger partial charge on any atom is 0.169 e. The minimum absolute atomic E-state index is 0.577. The third-order valence-corrected chi connectivity index (χ3v) is 5.88. The SMILES string of the molecule is Cc1ncsc1CN(C)C[C@@H]1CCN(c2nnc(C)c(C)c2C#N)C1. The van der Waals surface area contributed by atoms with Crippen LogP contribution in [0.4, 0.5) is 5.82 Å². The van der Waals surface area contributed by atoms with Crippen LogP contribution in [-0.2, 0) is 6.54 Å². The minimum atomic E-state index is 0.577. The fourth-order valence-electron chi connectivity index (χ4n) is 3.35. The second kappa shape index (κ2) is 7.46. The third-order valence-electron chi connectivity index (χ3n) is 4.96. The molecule has 0 bridgehead atoms. The molecule has 1 atom stereocenters. The van der Waals surface area contributed by atoms with Crippen molar-refractivity contribution >= 4 is 17.2 Å². The maximum absolute atomic E-state index is 9.51. The topological polar surface area (TPSA) is 68.9 Å². The van der Waals surface area contributed by atoms with Crippen LogP contribution < -0.4 is 4.90 Å². The Morgan fingerprint density at radius 3 is 2.80 bits per heavy atom. The van der Waals surface area contributed by atoms with Crippen LogP contribution in [0.5, 0.6) is 0 Å². The Labute approximate surface area is 153 Å². The normalized spacial score (nSPS) is 17.3. The average Bonchev–Trinajstić information content (AvgIpc) is 3.19. The molecule has 0 spiro atoms. The van der Waals surface area contributed by atoms with E-state index in [2.05, 4.69) is 45.0 Å². The van der Waals surface area contributed by atoms with Crippen molar-refractivity contribution in [1.82, 2.24) is 20.1 Å². The van der Waals surface area contributed by atoms with Crippen molar-refractivity contribution in [2.45, 2.75) is 33.7 Å². The Morgan fingerprint density at radius 2 is 2.12 bits per heavy atom. The fraction of sp³-hybridized carbons (Fsp3) is 0.556. The first kappa shape index (κ1) is 17.8. The predicted octanol–water partition coefficient (Wildman–Crippen LogP) is 2.69. The summed E-state index contributed by atoms with van der Waals surface area (Å²) in [6.07, 6.45) is 1.12. The summed E-state index contributed by atoms with van der Waals surface area (Å²) < 4.78 is 0. The molecule has 132 valence electrons. The highest BCUT2D eigenvalue weighted by molar-refractivity contribution is 7.09. The molecule has 1 saturated heterocycles. The molecule has 0 unspecified atom stereocenters. The van der Waals surface area contributed by atoms with Crippen LogP contribution in [0, 0.1) is 38.0 Å². The molecular formula is C18H24N6S. The minimum Gasteiger partial charge on any atom is -0.354 e. The smallest absolute Gasteiger partial charge is 0.169 e. The summed E-state index contributed by atoms with van der Waals surface area (Å²) in [4.78, 5) is 10.2. The number of hydrogen-bond donors (Lipinski definition) is 0. The van der Waals surface area contributed by atoms with Crippen LogP contribution >= 0.6 is 11.3 Å². The van der Waals surface area contributed by atoms with Gasteiger partial charge in [-0.15, -0.1) is 16.4 Å². The van der Waals surface area contributed by atoms with Crippen molar-refractivity contribution in [2.75, 3.05) is 31.6 Å². The third kappa shape index (κ3) is 3.80. The molecular weight excluding hydrogens is 332 g/mol. The number of thiazole rings is 1. The van der Waals surface area contributed by atoms with Crippen molar-refractivity contribution in [3.05, 3.63) is 32.9 Å². The van der Waals surface area contributed by atoms with Gasteiger partial charge < -0.3 is 9.80 Å². The van der Waals surface area contributed by atoms with Gasteiger partial charge in [0.1, 0.15) is 11.6 Å². The molecule has 0 saturated carbocycles. The van der Waals surface area contributed by atoms with Crippen LogP contribution in [0.15, 0.2) is 5.51 Å². The molecule has 0 N–H and O–H groups in total. The van der Waals surface area contributed by atoms with Crippen molar-refractivity contribution in [2.24, 2.45) is 5.92 Å². The summed E-state index contributed by atoms with van der Waals surface area (Å²) in [6.45, 7) is 9.76. The highest BCUT2D eigenvalue weighted by Crippen LogP contribution is 2.27. The number of nitrogens with zero attached hydrogens (tertiary/aromatic N) is 6. The van der Waals surface area contributed by atoms with Gasteiger partial charge in [0.2, 0.25) is 0 Å². The van der Waals surface area contributed by atoms with E-state index in [-0.39, 0.29) is 0 Å². The second-order valence-corrected chi connectivity index (χ2v) is 7.82. The maximum atomic E-state index is 9.51. The van der Waals surface area contributed by atoms with E-state index in [0.29, 0.717) is 11.5 Å². The number of rotatable bonds is 5. The molecule has 1 aliphatic rings. The van der Waals surface area contributed by atoms with Crippen molar-refractivity contribution in [1.29, 1.82) is 5.26 Å². The molecule has 2 aromatic heterocycles. The van der Waals surface area contributed by atoms with Crippen molar-refractivity contribution in [3.8, 4) is 6.07 Å². The second-order valence-electron chi connectivity index (χ2n) is 6.88. The van der Waals surface area contributed by atoms with E-state index >= 15 is 0 Å². The van der Waals surface area contributed by atoms with Gasteiger partial charge in [0.15, 0.2) is 5.82 Å². The first-order valence-corrected chi connectivity index (χ1v) is 9.44. The molecule has 2 aromatic rings. The highest BCUT2D eigenvalue weighted by atomic mass is 32.1. The van der Waals surface area contributed by atoms with Crippen LogP contribution in [-0.4, -0.2) is 46.8 Å². The van der Waals surface area contributed by atoms with E-state index in [1.165, 1.54) is 4.88 Å². The molecule has 3 rings (SSSR count). The molecule has 0 aromatic carbocycles. The predicted molar refractivity (Wildman–Crippen MR) is 99.7 cm³/mol. The first-order valence-electron chi connectivity index (χ1n) is 8.56. The van der Waals surface area contributed by atoms with Crippen LogP contribution in [0.2, 0.25) is 0 Å². The van der Waals surface area contributed by atoms with Crippen molar-refractivity contribution < 1.29 is 0 Å². The lowest BCUT2D eigenvalue weighted by Gasteiger charge is -2.22. The lowest BCUT2D eigenvalue weighted by Crippen LogP contribution is -2.29. The highest BCUT2D eigenvalue weighted by Gasteiger charge is 2.27. The van der Waals surface area contributed by atoms with E-state index in [1.807, 2.05) is 19.4 Å². The van der Waals surface area contributed by atoms with E-state index in [4.69, 9.17) is 0 Å². The Hall–Kier alpha value is -2.04. The van der Waals surface area contributed by atoms with Gasteiger partial charge in [0.05, 0.1) is 16.9 Å². The fourth-order valence-corrected chi connectivity index (χ4v) is 4.21. The van der Waals surface area contributed by atoms with Gasteiger partial charge >= 0.3 is 0 Å². The van der Waals surface area contributed by atoms with Crippen LogP contribution in [0.1, 0.15) is 33.8 Å². The Morgan fingerprint density at radius 1 is 1.32 bits per heavy atom. The molecule has 0 aliphatic carbocycles. The quantitative estimate of drug-likeness (QED) is 0.820. The summed E-state index contributed by atoms with van der Waals surface area (Å²) in [5, 5.41) is 18.0. The summed E-state index contributed by atoms with van der Waals surface area (Å²) in [7, 11) is 2.17. The number of aryl methyl sites for hydroxylation is 2. The zero-order chi connectivity index (χ0) is 18.0. The van der Waals surface area contributed by atoms with Gasteiger partial charge in [0, 0.05) is 31.1 Å². The molecule has 7 heteroatoms. The Bertz CT molecular complexity index is 793. The summed E-state index contributed by atoms with van der Waals surface area (Å²) >= 11 is 1.72. The molecule has 1 aliphatic heterocycles. The number of anilines is 1. The number of nitriles is 1.